The molecule has 19 heteroatoms. The van der Waals surface area contributed by atoms with Crippen LogP contribution in [0, 0.1) is 11.6 Å². The Morgan fingerprint density at radius 1 is 0.407 bits per heavy atom. The average Bonchev–Trinajstić information content (AvgIpc) is 1.20. The third-order valence-electron chi connectivity index (χ3n) is 14.6. The minimum atomic E-state index is -4.45. The number of nitrogens with one attached hydrogen (secondary N) is 1. The van der Waals surface area contributed by atoms with Crippen LogP contribution in [-0.4, -0.2) is 57.5 Å². The Morgan fingerprint density at radius 3 is 1.11 bits per heavy atom. The maximum atomic E-state index is 13.3. The Labute approximate surface area is 540 Å². The van der Waals surface area contributed by atoms with Crippen molar-refractivity contribution in [2.45, 2.75) is 75.5 Å². The second kappa shape index (κ2) is 37.0. The van der Waals surface area contributed by atoms with Gasteiger partial charge in [-0.05, 0) is 214 Å². The van der Waals surface area contributed by atoms with Crippen molar-refractivity contribution in [1.29, 1.82) is 0 Å². The molecular formula is C72H79Cl2F8N7O2. The smallest absolute Gasteiger partial charge is 0.416 e. The van der Waals surface area contributed by atoms with Crippen molar-refractivity contribution in [3.05, 3.63) is 241 Å². The summed E-state index contributed by atoms with van der Waals surface area (Å²) in [5.74, 6) is 0.529. The molecule has 9 rings (SSSR count). The molecule has 0 amide bonds. The first-order valence-corrected chi connectivity index (χ1v) is 29.7. The van der Waals surface area contributed by atoms with Crippen LogP contribution in [-0.2, 0) is 18.9 Å². The highest BCUT2D eigenvalue weighted by atomic mass is 35.5. The summed E-state index contributed by atoms with van der Waals surface area (Å²) >= 11 is 0. The van der Waals surface area contributed by atoms with Crippen molar-refractivity contribution in [1.82, 2.24) is 5.32 Å². The number of hydrogen-bond donors (Lipinski definition) is 7. The molecule has 0 aliphatic rings. The van der Waals surface area contributed by atoms with Crippen LogP contribution in [0.3, 0.4) is 0 Å². The molecule has 0 bridgehead atoms. The number of quaternary nitrogens is 2. The Balaban J connectivity index is 0.000000247. The maximum Gasteiger partial charge on any atom is 0.416 e. The zero-order valence-electron chi connectivity index (χ0n) is 50.5. The van der Waals surface area contributed by atoms with Crippen molar-refractivity contribution in [2.75, 3.05) is 39.4 Å². The van der Waals surface area contributed by atoms with Crippen LogP contribution in [0.4, 0.5) is 35.1 Å². The van der Waals surface area contributed by atoms with Crippen LogP contribution in [0.25, 0.3) is 66.8 Å². The van der Waals surface area contributed by atoms with Gasteiger partial charge in [0.05, 0.1) is 17.7 Å². The fourth-order valence-electron chi connectivity index (χ4n) is 9.69. The summed E-state index contributed by atoms with van der Waals surface area (Å²) in [6.07, 6.45) is -3.60. The molecule has 0 fully saturated rings. The molecule has 15 N–H and O–H groups in total. The highest BCUT2D eigenvalue weighted by Gasteiger charge is 2.31. The Kier molecular flexibility index (Phi) is 30.1. The van der Waals surface area contributed by atoms with E-state index in [-0.39, 0.29) is 54.6 Å². The molecule has 0 heterocycles. The highest BCUT2D eigenvalue weighted by Crippen LogP contribution is 2.37. The molecule has 0 spiro atoms. The Bertz CT molecular complexity index is 3360. The zero-order chi connectivity index (χ0) is 63.8. The monoisotopic (exact) mass is 1300 g/mol. The van der Waals surface area contributed by atoms with E-state index in [1.54, 1.807) is 42.5 Å². The lowest BCUT2D eigenvalue weighted by molar-refractivity contribution is -0.429. The predicted molar refractivity (Wildman–Crippen MR) is 341 cm³/mol. The molecule has 91 heavy (non-hydrogen) atoms. The van der Waals surface area contributed by atoms with Crippen LogP contribution in [0.15, 0.2) is 212 Å². The summed E-state index contributed by atoms with van der Waals surface area (Å²) in [7, 11) is 0. The molecular weight excluding hydrogens is 1220 g/mol. The second-order valence-electron chi connectivity index (χ2n) is 21.8. The van der Waals surface area contributed by atoms with Crippen LogP contribution >= 0.6 is 0 Å². The van der Waals surface area contributed by atoms with Gasteiger partial charge in [0.15, 0.2) is 0 Å². The Hall–Kier alpha value is -7.68. The molecule has 0 aliphatic carbocycles. The van der Waals surface area contributed by atoms with Crippen molar-refractivity contribution < 1.29 is 80.9 Å². The number of ether oxygens (including phenoxy) is 2. The molecule has 0 aliphatic heterocycles. The van der Waals surface area contributed by atoms with Crippen molar-refractivity contribution >= 4 is 0 Å². The standard InChI is InChI=1S/C25H24F6N2O.C24H29N3.C23H24F2N2O.2ClH/c26-24(27,28)20-7-3-16(4-8-20)18-12-19(17-5-9-21(10-6-17)25(29,30)31)14-23(13-18)34-15-22(33)2-1-11-32;25-13-7-12-24(26)18-27-17-19-14-22(20-8-3-1-4-9-20)16-23(15-19)21-10-5-2-6-11-21;24-20-7-3-16(4-8-20)18-12-19(17-5-9-21(25)10-6-17)14-23(13-18)28-15-22(27)2-1-11-26;;/h3-10,12-14,22H,1-2,11,15,32-33H2;1-6,8-11,14-16,24,27H,7,12-13,17-18,25-26H2;3-10,12-14,22H,1-2,11,15,26-27H2;2*1H/t22-;24-;22-;;/m000../s1. The van der Waals surface area contributed by atoms with Gasteiger partial charge in [-0.25, -0.2) is 8.78 Å². The van der Waals surface area contributed by atoms with Gasteiger partial charge in [0.1, 0.15) is 42.4 Å². The van der Waals surface area contributed by atoms with Gasteiger partial charge in [-0.1, -0.05) is 109 Å². The van der Waals surface area contributed by atoms with Gasteiger partial charge in [0, 0.05) is 38.0 Å². The topological polar surface area (TPSA) is 190 Å². The molecule has 9 aromatic rings. The minimum Gasteiger partial charge on any atom is -1.00 e. The minimum absolute atomic E-state index is 0. The fraction of sp³-hybridized carbons (Fsp3) is 0.250. The predicted octanol–water partition coefficient (Wildman–Crippen LogP) is 8.00. The molecule has 3 atom stereocenters. The van der Waals surface area contributed by atoms with Crippen LogP contribution in [0.5, 0.6) is 11.5 Å². The van der Waals surface area contributed by atoms with Crippen molar-refractivity contribution in [3.63, 3.8) is 0 Å². The molecule has 0 saturated heterocycles. The molecule has 0 aromatic heterocycles. The largest absolute Gasteiger partial charge is 1.00 e. The Morgan fingerprint density at radius 2 is 0.747 bits per heavy atom. The van der Waals surface area contributed by atoms with Gasteiger partial charge < -0.3 is 74.0 Å². The first-order valence-electron chi connectivity index (χ1n) is 29.7. The van der Waals surface area contributed by atoms with E-state index in [0.717, 1.165) is 105 Å². The van der Waals surface area contributed by atoms with E-state index in [2.05, 4.69) is 95.6 Å². The highest BCUT2D eigenvalue weighted by molar-refractivity contribution is 5.77. The second-order valence-corrected chi connectivity index (χ2v) is 21.8. The third kappa shape index (κ3) is 24.1. The number of benzene rings is 9. The summed E-state index contributed by atoms with van der Waals surface area (Å²) < 4.78 is 116. The quantitative estimate of drug-likeness (QED) is 0.0282. The van der Waals surface area contributed by atoms with Gasteiger partial charge in [0.25, 0.3) is 0 Å². The number of rotatable bonds is 25. The normalized spacial score (nSPS) is 12.2. The van der Waals surface area contributed by atoms with E-state index in [9.17, 15) is 35.1 Å². The van der Waals surface area contributed by atoms with E-state index in [1.165, 1.54) is 76.3 Å². The van der Waals surface area contributed by atoms with Crippen LogP contribution < -0.4 is 74.0 Å². The summed E-state index contributed by atoms with van der Waals surface area (Å²) in [6.45, 7) is 4.38. The third-order valence-corrected chi connectivity index (χ3v) is 14.6. The number of nitrogens with two attached hydrogens (primary N) is 4. The summed E-state index contributed by atoms with van der Waals surface area (Å²) in [6, 6.07) is 60.7. The van der Waals surface area contributed by atoms with Crippen LogP contribution in [0.2, 0.25) is 0 Å². The van der Waals surface area contributed by atoms with E-state index < -0.39 is 23.5 Å². The van der Waals surface area contributed by atoms with E-state index >= 15 is 0 Å². The average molecular weight is 1300 g/mol. The van der Waals surface area contributed by atoms with Gasteiger partial charge >= 0.3 is 12.4 Å². The summed E-state index contributed by atoms with van der Waals surface area (Å²) in [4.78, 5) is 0. The zero-order valence-corrected chi connectivity index (χ0v) is 52.0. The number of alkyl halides is 6. The molecule has 0 radical (unpaired) electrons. The first-order chi connectivity index (χ1) is 42.8. The lowest BCUT2D eigenvalue weighted by Crippen LogP contribution is -3.00. The molecule has 9 aromatic carbocycles. The maximum absolute atomic E-state index is 13.3. The van der Waals surface area contributed by atoms with Gasteiger partial charge in [0.2, 0.25) is 0 Å². The SMILES string of the molecule is NCCC[C@H](N)CNCc1cc(-c2ccccc2)cc(-c2ccccc2)c1.NCCC[C@H](N)COc1cc(-c2ccc(F)cc2)cc(-c2ccc(F)cc2)c1.[Cl-].[Cl-].[NH3+]CCC[C@H]([NH3+])COc1cc(-c2ccc(C(F)(F)F)cc2)cc(-c2ccc(C(F)(F)F)cc2)c1. The number of halogens is 10. The molecule has 0 unspecified atom stereocenters. The van der Waals surface area contributed by atoms with E-state index in [1.807, 2.05) is 18.2 Å². The van der Waals surface area contributed by atoms with Crippen molar-refractivity contribution in [3.8, 4) is 78.3 Å². The summed E-state index contributed by atoms with van der Waals surface area (Å²) in [5.41, 5.74) is 41.5. The van der Waals surface area contributed by atoms with E-state index in [0.29, 0.717) is 60.1 Å². The van der Waals surface area contributed by atoms with Crippen LogP contribution in [0.1, 0.15) is 55.2 Å². The van der Waals surface area contributed by atoms with E-state index in [4.69, 9.17) is 32.4 Å². The molecule has 484 valence electrons. The van der Waals surface area contributed by atoms with Crippen molar-refractivity contribution in [2.24, 2.45) is 22.9 Å². The lowest BCUT2D eigenvalue weighted by atomic mass is 9.96. The summed E-state index contributed by atoms with van der Waals surface area (Å²) in [5, 5.41) is 3.50. The molecule has 0 saturated carbocycles. The lowest BCUT2D eigenvalue weighted by Gasteiger charge is -2.15. The fourth-order valence-corrected chi connectivity index (χ4v) is 9.69. The first kappa shape index (κ1) is 74.1. The van der Waals surface area contributed by atoms with Gasteiger partial charge in [-0.2, -0.15) is 26.3 Å². The number of hydrogen-bond acceptors (Lipinski definition) is 7. The van der Waals surface area contributed by atoms with Gasteiger partial charge in [-0.3, -0.25) is 0 Å². The van der Waals surface area contributed by atoms with Gasteiger partial charge in [-0.15, -0.1) is 0 Å². The molecule has 9 nitrogen and oxygen atoms in total.